The van der Waals surface area contributed by atoms with E-state index in [4.69, 9.17) is 15.2 Å². The predicted molar refractivity (Wildman–Crippen MR) is 296 cm³/mol. The van der Waals surface area contributed by atoms with Crippen LogP contribution in [0.5, 0.6) is 0 Å². The molecule has 2 aliphatic heterocycles. The minimum Gasteiger partial charge on any atom is -0.481 e. The molecule has 81 heavy (non-hydrogen) atoms. The number of aliphatic hydroxyl groups excluding tert-OH is 7. The maximum Gasteiger partial charge on any atom is 0.310 e. The van der Waals surface area contributed by atoms with Gasteiger partial charge in [0, 0.05) is 77.4 Å². The van der Waals surface area contributed by atoms with Gasteiger partial charge in [-0.25, -0.2) is 9.97 Å². The third-order valence-corrected chi connectivity index (χ3v) is 25.3. The molecule has 8 fully saturated rings. The number of hydrogen-bond donors (Lipinski definition) is 12. The van der Waals surface area contributed by atoms with Gasteiger partial charge in [-0.05, 0) is 142 Å². The van der Waals surface area contributed by atoms with Crippen molar-refractivity contribution in [2.75, 3.05) is 19.8 Å². The number of nitrogens with zero attached hydrogens (tertiary/aromatic N) is 2. The van der Waals surface area contributed by atoms with E-state index in [-0.39, 0.29) is 67.7 Å². The molecule has 13 N–H and O–H groups in total. The van der Waals surface area contributed by atoms with Gasteiger partial charge in [-0.15, -0.1) is 5.92 Å². The molecule has 12 rings (SSSR count). The molecule has 0 aromatic carbocycles. The molecule has 18 nitrogen and oxygen atoms in total. The first-order chi connectivity index (χ1) is 38.8. The summed E-state index contributed by atoms with van der Waals surface area (Å²) in [6, 6.07) is -0.538. The first kappa shape index (κ1) is 57.7. The molecular weight excluding hydrogens is 1030 g/mol. The highest BCUT2D eigenvalue weighted by atomic mass is 16.7. The van der Waals surface area contributed by atoms with Crippen LogP contribution in [-0.2, 0) is 25.5 Å². The van der Waals surface area contributed by atoms with Gasteiger partial charge in [-0.2, -0.15) is 0 Å². The first-order valence-electron chi connectivity index (χ1n) is 31.1. The van der Waals surface area contributed by atoms with Crippen LogP contribution in [0.25, 0.3) is 0 Å². The van der Waals surface area contributed by atoms with Crippen LogP contribution >= 0.6 is 0 Å². The highest BCUT2D eigenvalue weighted by molar-refractivity contribution is 5.86. The molecule has 1 amide bonds. The Labute approximate surface area is 476 Å². The summed E-state index contributed by atoms with van der Waals surface area (Å²) in [6.45, 7) is 5.90. The Hall–Kier alpha value is -3.74. The monoisotopic (exact) mass is 1120 g/mol. The van der Waals surface area contributed by atoms with Crippen LogP contribution in [0, 0.1) is 97.1 Å². The highest BCUT2D eigenvalue weighted by Crippen LogP contribution is 2.82. The van der Waals surface area contributed by atoms with Crippen LogP contribution in [0.2, 0.25) is 0 Å². The summed E-state index contributed by atoms with van der Waals surface area (Å²) in [5.41, 5.74) is 3.49. The molecule has 2 aromatic rings. The molecule has 2 spiro atoms. The number of hydrogen-bond acceptors (Lipinski definition) is 14. The number of aliphatic carboxylic acids is 1. The molecule has 8 aliphatic carbocycles. The molecule has 446 valence electrons. The molecule has 4 heterocycles. The SMILES string of the molecule is C[C@]1(CO)CC[C@]2(C(=O)O)C[C@@H](Cc3cnc[nH]3)[C@@]34CCC#C[C@H]([C@@H]5[C@@H]([C@H](CC[C@@H](N)O)c6cnc[nH]6)NC(=O)C56CCCC6)[C@H]5[C@@H](O)[C@@H](O[C@@H]6OC[C@@H](O)[C@H](O)[C@H]6O)[C@@](C)(CO)[C@H]6CC[C@]3(C)[C@H](CC=C4[C@@H]2C1)[C@@]56C1CCCCC1. The van der Waals surface area contributed by atoms with Crippen LogP contribution in [-0.4, -0.2) is 142 Å². The fourth-order valence-corrected chi connectivity index (χ4v) is 21.8. The first-order valence-corrected chi connectivity index (χ1v) is 31.1. The van der Waals surface area contributed by atoms with E-state index in [1.165, 1.54) is 5.57 Å². The van der Waals surface area contributed by atoms with Crippen LogP contribution < -0.4 is 11.1 Å². The number of aromatic nitrogens is 4. The van der Waals surface area contributed by atoms with Crippen molar-refractivity contribution >= 4 is 11.9 Å². The summed E-state index contributed by atoms with van der Waals surface area (Å²) >= 11 is 0. The number of aromatic amines is 2. The number of ether oxygens (including phenoxy) is 2. The van der Waals surface area contributed by atoms with E-state index in [2.05, 4.69) is 57.0 Å². The van der Waals surface area contributed by atoms with Crippen molar-refractivity contribution in [2.45, 2.75) is 211 Å². The van der Waals surface area contributed by atoms with Gasteiger partial charge in [0.25, 0.3) is 0 Å². The zero-order chi connectivity index (χ0) is 57.1. The third kappa shape index (κ3) is 8.51. The lowest BCUT2D eigenvalue weighted by atomic mass is 9.26. The Morgan fingerprint density at radius 1 is 0.864 bits per heavy atom. The second kappa shape index (κ2) is 21.3. The Morgan fingerprint density at radius 2 is 1.62 bits per heavy atom. The van der Waals surface area contributed by atoms with Crippen LogP contribution in [0.1, 0.15) is 166 Å². The van der Waals surface area contributed by atoms with Gasteiger partial charge in [-0.1, -0.05) is 70.4 Å². The molecule has 6 saturated carbocycles. The number of carbonyl (C=O) groups is 2. The van der Waals surface area contributed by atoms with Crippen molar-refractivity contribution in [3.05, 3.63) is 48.1 Å². The van der Waals surface area contributed by atoms with Crippen LogP contribution in [0.15, 0.2) is 36.7 Å². The summed E-state index contributed by atoms with van der Waals surface area (Å²) in [6.07, 6.45) is 13.6. The number of carboxylic acids is 1. The molecule has 0 unspecified atom stereocenters. The number of H-pyrrole nitrogens is 2. The van der Waals surface area contributed by atoms with Gasteiger partial charge >= 0.3 is 5.97 Å². The van der Waals surface area contributed by atoms with E-state index in [1.54, 1.807) is 18.9 Å². The van der Waals surface area contributed by atoms with Gasteiger partial charge in [-0.3, -0.25) is 9.59 Å². The molecule has 0 radical (unpaired) electrons. The number of carboxylic acid groups (broad SMARTS) is 1. The molecule has 4 bridgehead atoms. The highest BCUT2D eigenvalue weighted by Gasteiger charge is 2.79. The zero-order valence-corrected chi connectivity index (χ0v) is 47.9. The predicted octanol–water partition coefficient (Wildman–Crippen LogP) is 5.22. The van der Waals surface area contributed by atoms with Crippen molar-refractivity contribution in [1.29, 1.82) is 0 Å². The maximum absolute atomic E-state index is 15.5. The number of nitrogens with one attached hydrogen (secondary N) is 3. The minimum absolute atomic E-state index is 0.00974. The number of rotatable bonds is 14. The van der Waals surface area contributed by atoms with Crippen molar-refractivity contribution in [3.8, 4) is 11.8 Å². The van der Waals surface area contributed by atoms with E-state index < -0.39 is 111 Å². The number of amides is 1. The summed E-state index contributed by atoms with van der Waals surface area (Å²) < 4.78 is 13.1. The normalized spacial score (nSPS) is 46.3. The number of fused-ring (bicyclic) bond motifs is 2. The van der Waals surface area contributed by atoms with Crippen molar-refractivity contribution in [3.63, 3.8) is 0 Å². The van der Waals surface area contributed by atoms with Crippen molar-refractivity contribution in [1.82, 2.24) is 25.3 Å². The minimum atomic E-state index is -1.68. The van der Waals surface area contributed by atoms with Crippen molar-refractivity contribution < 1.29 is 59.9 Å². The number of carbonyl (C=O) groups excluding carboxylic acids is 1. The molecule has 10 aliphatic rings. The topological polar surface area (TPSA) is 310 Å². The van der Waals surface area contributed by atoms with E-state index >= 15 is 4.79 Å². The lowest BCUT2D eigenvalue weighted by Crippen LogP contribution is -2.77. The van der Waals surface area contributed by atoms with Gasteiger partial charge in [0.15, 0.2) is 6.29 Å². The summed E-state index contributed by atoms with van der Waals surface area (Å²) in [5, 5.41) is 98.0. The number of nitrogens with two attached hydrogens (primary N) is 1. The average molecular weight is 1130 g/mol. The van der Waals surface area contributed by atoms with Gasteiger partial charge in [0.05, 0.1) is 48.9 Å². The smallest absolute Gasteiger partial charge is 0.310 e. The fraction of sp³-hybridized carbons (Fsp3) is 0.810. The zero-order valence-electron chi connectivity index (χ0n) is 47.9. The Morgan fingerprint density at radius 3 is 2.30 bits per heavy atom. The number of imidazole rings is 2. The second-order valence-corrected chi connectivity index (χ2v) is 28.6. The Balaban J connectivity index is 1.14. The van der Waals surface area contributed by atoms with Gasteiger partial charge in [0.2, 0.25) is 5.91 Å². The second-order valence-electron chi connectivity index (χ2n) is 28.6. The van der Waals surface area contributed by atoms with Gasteiger partial charge < -0.3 is 71.3 Å². The lowest BCUT2D eigenvalue weighted by Gasteiger charge is -2.78. The molecule has 2 saturated heterocycles. The summed E-state index contributed by atoms with van der Waals surface area (Å²) in [4.78, 5) is 45.7. The van der Waals surface area contributed by atoms with Crippen LogP contribution in [0.4, 0.5) is 0 Å². The molecular formula is C63H92N6O12. The number of allylic oxidation sites excluding steroid dienone is 2. The van der Waals surface area contributed by atoms with Gasteiger partial charge in [0.1, 0.15) is 24.5 Å². The van der Waals surface area contributed by atoms with E-state index in [0.717, 1.165) is 56.3 Å². The molecule has 22 atom stereocenters. The number of aliphatic hydroxyl groups is 7. The summed E-state index contributed by atoms with van der Waals surface area (Å²) in [5.74, 6) is 3.89. The van der Waals surface area contributed by atoms with Crippen LogP contribution in [0.3, 0.4) is 0 Å². The fourth-order valence-electron chi connectivity index (χ4n) is 21.8. The third-order valence-electron chi connectivity index (χ3n) is 25.3. The lowest BCUT2D eigenvalue weighted by molar-refractivity contribution is -0.355. The molecule has 2 aromatic heterocycles. The quantitative estimate of drug-likeness (QED) is 0.0499. The average Bonchev–Trinajstić information content (AvgIpc) is 1.87. The Kier molecular flexibility index (Phi) is 15.2. The van der Waals surface area contributed by atoms with E-state index in [9.17, 15) is 45.6 Å². The summed E-state index contributed by atoms with van der Waals surface area (Å²) in [7, 11) is 0. The molecule has 18 heteroatoms. The van der Waals surface area contributed by atoms with E-state index in [1.807, 2.05) is 13.1 Å². The Bertz CT molecular complexity index is 2700. The standard InChI is InChI=1S/C63H92N6O12/c1-57(31-70)23-24-61(56(78)79)26-36(25-37-28-65-33-67-37)62-21-8-7-13-39(47-49(69-55(77)60(47)19-9-10-20-60)38(14-17-46(64)73)42-29-66-34-68-42)48-51(75)53(81-54-52(76)50(74)43(72)30-80-54)58(2,32-71)44-18-22-59(62,3)45(16-15-40(62)41(61)27-57)63(44,48)35-11-5-4-6-12-35/h15,28-29,33-36,38-39,41,43-54,70-76H,4-6,8-12,14,16-27,30-32,64H2,1-3H3,(H,65,67)(H,66,68)(H,69,77)(H,78,79)/t36-,38-,39-,41+,43-,44-,45+,46+,47-,48+,49-,50+,51-,52-,53-,54+,57+,58+,59-,61+,62-,63+/m1/s1. The van der Waals surface area contributed by atoms with E-state index in [0.29, 0.717) is 83.5 Å². The largest absolute Gasteiger partial charge is 0.481 e. The van der Waals surface area contributed by atoms with Crippen molar-refractivity contribution in [2.24, 2.45) is 91.0 Å². The maximum atomic E-state index is 15.5.